The quantitative estimate of drug-likeness (QED) is 0.613. The van der Waals surface area contributed by atoms with E-state index in [2.05, 4.69) is 6.07 Å². The van der Waals surface area contributed by atoms with Crippen molar-refractivity contribution in [3.8, 4) is 0 Å². The largest absolute Gasteiger partial charge is 0.350 e. The molecule has 0 saturated carbocycles. The number of hydrogen-bond donors (Lipinski definition) is 0. The van der Waals surface area contributed by atoms with Gasteiger partial charge in [0.05, 0.1) is 10.0 Å². The van der Waals surface area contributed by atoms with Crippen molar-refractivity contribution in [2.24, 2.45) is 7.05 Å². The van der Waals surface area contributed by atoms with Gasteiger partial charge in [-0.25, -0.2) is 0 Å². The summed E-state index contributed by atoms with van der Waals surface area (Å²) in [5, 5.41) is 2.04. The van der Waals surface area contributed by atoms with Crippen LogP contribution in [0, 0.1) is 6.07 Å². The standard InChI is InChI=1S/C9H6Cl2N/c1-12-5-4-6-8(12)3-2-7(10)9(6)11/h2-3,5H,1H3. The molecule has 61 valence electrons. The first-order valence-corrected chi connectivity index (χ1v) is 4.26. The van der Waals surface area contributed by atoms with E-state index in [4.69, 9.17) is 23.2 Å². The van der Waals surface area contributed by atoms with E-state index in [1.54, 1.807) is 6.07 Å². The first kappa shape index (κ1) is 7.96. The van der Waals surface area contributed by atoms with Crippen LogP contribution in [0.15, 0.2) is 18.3 Å². The van der Waals surface area contributed by atoms with Crippen LogP contribution >= 0.6 is 23.2 Å². The van der Waals surface area contributed by atoms with Gasteiger partial charge in [-0.05, 0) is 12.1 Å². The monoisotopic (exact) mass is 198 g/mol. The summed E-state index contributed by atoms with van der Waals surface area (Å²) in [5.74, 6) is 0. The average Bonchev–Trinajstić information content (AvgIpc) is 2.41. The summed E-state index contributed by atoms with van der Waals surface area (Å²) in [5.41, 5.74) is 1.05. The van der Waals surface area contributed by atoms with Crippen LogP contribution in [0.4, 0.5) is 0 Å². The van der Waals surface area contributed by atoms with Crippen LogP contribution in [0.1, 0.15) is 0 Å². The third-order valence-corrected chi connectivity index (χ3v) is 2.66. The van der Waals surface area contributed by atoms with Crippen LogP contribution in [0.5, 0.6) is 0 Å². The number of aromatic nitrogens is 1. The van der Waals surface area contributed by atoms with Gasteiger partial charge in [0.1, 0.15) is 0 Å². The number of nitrogens with zero attached hydrogens (tertiary/aromatic N) is 1. The second kappa shape index (κ2) is 2.68. The molecule has 1 nitrogen and oxygen atoms in total. The third-order valence-electron chi connectivity index (χ3n) is 1.86. The van der Waals surface area contributed by atoms with Gasteiger partial charge in [0.15, 0.2) is 0 Å². The summed E-state index contributed by atoms with van der Waals surface area (Å²) >= 11 is 11.8. The minimum Gasteiger partial charge on any atom is -0.350 e. The van der Waals surface area contributed by atoms with Crippen molar-refractivity contribution in [1.82, 2.24) is 4.57 Å². The van der Waals surface area contributed by atoms with Crippen LogP contribution in [0.2, 0.25) is 10.0 Å². The normalized spacial score (nSPS) is 10.9. The zero-order valence-corrected chi connectivity index (χ0v) is 7.95. The van der Waals surface area contributed by atoms with Crippen LogP contribution in [-0.4, -0.2) is 4.57 Å². The Bertz CT molecular complexity index is 431. The SMILES string of the molecule is Cn1c[c]c2c(Cl)c(Cl)ccc21. The maximum absolute atomic E-state index is 5.96. The minimum atomic E-state index is 0.576. The lowest BCUT2D eigenvalue weighted by Crippen LogP contribution is -1.82. The molecule has 1 aromatic carbocycles. The first-order valence-electron chi connectivity index (χ1n) is 3.51. The molecule has 1 aromatic heterocycles. The molecule has 0 aliphatic carbocycles. The molecular formula is C9H6Cl2N. The van der Waals surface area contributed by atoms with E-state index in [-0.39, 0.29) is 0 Å². The molecule has 0 amide bonds. The Labute approximate surface area is 80.5 Å². The summed E-state index contributed by atoms with van der Waals surface area (Å²) in [6.45, 7) is 0. The lowest BCUT2D eigenvalue weighted by Gasteiger charge is -1.98. The van der Waals surface area contributed by atoms with E-state index in [0.717, 1.165) is 10.9 Å². The minimum absolute atomic E-state index is 0.576. The Morgan fingerprint density at radius 3 is 2.83 bits per heavy atom. The van der Waals surface area contributed by atoms with Crippen molar-refractivity contribution < 1.29 is 0 Å². The molecular weight excluding hydrogens is 193 g/mol. The van der Waals surface area contributed by atoms with Crippen molar-refractivity contribution in [1.29, 1.82) is 0 Å². The molecule has 2 aromatic rings. The number of rotatable bonds is 0. The van der Waals surface area contributed by atoms with Crippen LogP contribution in [-0.2, 0) is 7.05 Å². The number of fused-ring (bicyclic) bond motifs is 1. The molecule has 0 N–H and O–H groups in total. The average molecular weight is 199 g/mol. The molecule has 12 heavy (non-hydrogen) atoms. The first-order chi connectivity index (χ1) is 5.70. The molecule has 0 unspecified atom stereocenters. The Kier molecular flexibility index (Phi) is 1.78. The van der Waals surface area contributed by atoms with Gasteiger partial charge < -0.3 is 4.57 Å². The van der Waals surface area contributed by atoms with Crippen LogP contribution in [0.3, 0.4) is 0 Å². The van der Waals surface area contributed by atoms with E-state index in [1.807, 2.05) is 23.9 Å². The van der Waals surface area contributed by atoms with Gasteiger partial charge >= 0.3 is 0 Å². The fraction of sp³-hybridized carbons (Fsp3) is 0.111. The predicted molar refractivity (Wildman–Crippen MR) is 51.8 cm³/mol. The molecule has 0 atom stereocenters. The fourth-order valence-electron chi connectivity index (χ4n) is 1.20. The predicted octanol–water partition coefficient (Wildman–Crippen LogP) is 3.29. The maximum Gasteiger partial charge on any atom is 0.0692 e. The van der Waals surface area contributed by atoms with Crippen LogP contribution in [0.25, 0.3) is 10.9 Å². The number of benzene rings is 1. The molecule has 1 heterocycles. The summed E-state index contributed by atoms with van der Waals surface area (Å²) < 4.78 is 1.96. The van der Waals surface area contributed by atoms with E-state index in [0.29, 0.717) is 10.0 Å². The van der Waals surface area contributed by atoms with Crippen molar-refractivity contribution in [2.45, 2.75) is 0 Å². The Morgan fingerprint density at radius 2 is 2.08 bits per heavy atom. The van der Waals surface area contributed by atoms with E-state index in [1.165, 1.54) is 0 Å². The molecule has 0 saturated heterocycles. The highest BCUT2D eigenvalue weighted by Gasteiger charge is 2.05. The van der Waals surface area contributed by atoms with Gasteiger partial charge in [-0.1, -0.05) is 23.2 Å². The van der Waals surface area contributed by atoms with E-state index < -0.39 is 0 Å². The van der Waals surface area contributed by atoms with Crippen molar-refractivity contribution in [3.05, 3.63) is 34.4 Å². The van der Waals surface area contributed by atoms with Crippen molar-refractivity contribution >= 4 is 34.1 Å². The summed E-state index contributed by atoms with van der Waals surface area (Å²) in [6.07, 6.45) is 1.84. The molecule has 3 heteroatoms. The maximum atomic E-state index is 5.96. The highest BCUT2D eigenvalue weighted by molar-refractivity contribution is 6.45. The zero-order chi connectivity index (χ0) is 8.72. The topological polar surface area (TPSA) is 4.93 Å². The number of hydrogen-bond acceptors (Lipinski definition) is 0. The number of halogens is 2. The third kappa shape index (κ3) is 1.01. The van der Waals surface area contributed by atoms with Gasteiger partial charge in [0.25, 0.3) is 0 Å². The van der Waals surface area contributed by atoms with Crippen LogP contribution < -0.4 is 0 Å². The number of aryl methyl sites for hydroxylation is 1. The summed E-state index contributed by atoms with van der Waals surface area (Å²) in [6, 6.07) is 6.77. The van der Waals surface area contributed by atoms with Gasteiger partial charge in [0.2, 0.25) is 0 Å². The molecule has 0 fully saturated rings. The molecule has 0 bridgehead atoms. The molecule has 1 radical (unpaired) electrons. The summed E-state index contributed by atoms with van der Waals surface area (Å²) in [4.78, 5) is 0. The fourth-order valence-corrected chi connectivity index (χ4v) is 1.57. The second-order valence-corrected chi connectivity index (χ2v) is 3.43. The highest BCUT2D eigenvalue weighted by atomic mass is 35.5. The second-order valence-electron chi connectivity index (χ2n) is 2.64. The highest BCUT2D eigenvalue weighted by Crippen LogP contribution is 2.30. The van der Waals surface area contributed by atoms with Crippen molar-refractivity contribution in [2.75, 3.05) is 0 Å². The van der Waals surface area contributed by atoms with Gasteiger partial charge in [-0.3, -0.25) is 0 Å². The van der Waals surface area contributed by atoms with E-state index >= 15 is 0 Å². The van der Waals surface area contributed by atoms with Gasteiger partial charge in [-0.2, -0.15) is 0 Å². The zero-order valence-electron chi connectivity index (χ0n) is 6.44. The lowest BCUT2D eigenvalue weighted by molar-refractivity contribution is 0.968. The Balaban J connectivity index is 2.93. The molecule has 0 spiro atoms. The Hall–Kier alpha value is -0.660. The molecule has 2 rings (SSSR count). The van der Waals surface area contributed by atoms with Gasteiger partial charge in [-0.15, -0.1) is 0 Å². The Morgan fingerprint density at radius 1 is 1.33 bits per heavy atom. The summed E-state index contributed by atoms with van der Waals surface area (Å²) in [7, 11) is 1.95. The van der Waals surface area contributed by atoms with Crippen molar-refractivity contribution in [3.63, 3.8) is 0 Å². The smallest absolute Gasteiger partial charge is 0.0692 e. The lowest BCUT2D eigenvalue weighted by atomic mass is 10.2. The molecule has 0 aliphatic heterocycles. The van der Waals surface area contributed by atoms with E-state index in [9.17, 15) is 0 Å². The molecule has 0 aliphatic rings. The van der Waals surface area contributed by atoms with Gasteiger partial charge in [0, 0.05) is 30.2 Å².